The van der Waals surface area contributed by atoms with Crippen molar-refractivity contribution in [1.82, 2.24) is 31.1 Å². The van der Waals surface area contributed by atoms with Crippen molar-refractivity contribution in [2.45, 2.75) is 83.0 Å². The van der Waals surface area contributed by atoms with Gasteiger partial charge in [0.25, 0.3) is 5.91 Å². The minimum atomic E-state index is -1.21. The van der Waals surface area contributed by atoms with Gasteiger partial charge >= 0.3 is 0 Å². The first kappa shape index (κ1) is 32.2. The van der Waals surface area contributed by atoms with E-state index in [1.165, 1.54) is 0 Å². The Morgan fingerprint density at radius 3 is 2.40 bits per heavy atom. The summed E-state index contributed by atoms with van der Waals surface area (Å²) in [6.07, 6.45) is 2.74. The highest BCUT2D eigenvalue weighted by Gasteiger charge is 2.45. The summed E-state index contributed by atoms with van der Waals surface area (Å²) in [7, 11) is 1.99. The van der Waals surface area contributed by atoms with Crippen molar-refractivity contribution < 1.29 is 28.7 Å². The van der Waals surface area contributed by atoms with E-state index >= 15 is 0 Å². The highest BCUT2D eigenvalue weighted by Crippen LogP contribution is 2.31. The fourth-order valence-electron chi connectivity index (χ4n) is 6.00. The van der Waals surface area contributed by atoms with E-state index in [1.807, 2.05) is 20.9 Å². The van der Waals surface area contributed by atoms with E-state index < -0.39 is 41.4 Å². The Hall–Kier alpha value is -3.67. The molecule has 236 valence electrons. The Morgan fingerprint density at radius 2 is 1.67 bits per heavy atom. The van der Waals surface area contributed by atoms with E-state index in [0.29, 0.717) is 32.5 Å². The molecule has 43 heavy (non-hydrogen) atoms. The summed E-state index contributed by atoms with van der Waals surface area (Å²) in [5, 5.41) is 11.5. The molecule has 0 aromatic heterocycles. The van der Waals surface area contributed by atoms with Crippen molar-refractivity contribution in [1.29, 1.82) is 0 Å². The molecule has 2 heterocycles. The van der Waals surface area contributed by atoms with Crippen LogP contribution in [-0.2, 0) is 19.2 Å². The van der Waals surface area contributed by atoms with Crippen molar-refractivity contribution in [2.75, 3.05) is 39.8 Å². The number of nitrogens with zero attached hydrogens (tertiary/aromatic N) is 2. The Bertz CT molecular complexity index is 1200. The normalized spacial score (nSPS) is 26.3. The van der Waals surface area contributed by atoms with Crippen LogP contribution in [0.4, 0.5) is 0 Å². The quantitative estimate of drug-likeness (QED) is 0.394. The summed E-state index contributed by atoms with van der Waals surface area (Å²) in [5.74, 6) is -2.12. The first-order valence-corrected chi connectivity index (χ1v) is 15.4. The van der Waals surface area contributed by atoms with Crippen LogP contribution in [0.15, 0.2) is 24.3 Å². The maximum absolute atomic E-state index is 13.8. The van der Waals surface area contributed by atoms with E-state index in [4.69, 9.17) is 4.74 Å². The average Bonchev–Trinajstić information content (AvgIpc) is 3.33. The van der Waals surface area contributed by atoms with Gasteiger partial charge in [0, 0.05) is 19.6 Å². The summed E-state index contributed by atoms with van der Waals surface area (Å²) < 4.78 is 5.96. The fraction of sp³-hybridized carbons (Fsp3) is 0.645. The van der Waals surface area contributed by atoms with E-state index in [9.17, 15) is 24.0 Å². The Balaban J connectivity index is 1.68. The average molecular weight is 599 g/mol. The molecule has 1 aromatic carbocycles. The van der Waals surface area contributed by atoms with Crippen LogP contribution in [0.5, 0.6) is 5.75 Å². The van der Waals surface area contributed by atoms with Crippen LogP contribution in [0.2, 0.25) is 0 Å². The number of hydrogen-bond acceptors (Lipinski definition) is 7. The highest BCUT2D eigenvalue weighted by molar-refractivity contribution is 6.01. The lowest BCUT2D eigenvalue weighted by Gasteiger charge is -2.33. The van der Waals surface area contributed by atoms with Crippen LogP contribution < -0.4 is 26.0 Å². The number of nitrogens with one attached hydrogen (secondary N) is 4. The van der Waals surface area contributed by atoms with Gasteiger partial charge in [-0.05, 0) is 57.8 Å². The molecular weight excluding hydrogens is 552 g/mol. The van der Waals surface area contributed by atoms with E-state index in [-0.39, 0.29) is 42.1 Å². The van der Waals surface area contributed by atoms with Gasteiger partial charge in [-0.15, -0.1) is 0 Å². The summed E-state index contributed by atoms with van der Waals surface area (Å²) in [4.78, 5) is 71.8. The van der Waals surface area contributed by atoms with Gasteiger partial charge in [0.05, 0.1) is 18.0 Å². The third kappa shape index (κ3) is 8.04. The first-order chi connectivity index (χ1) is 20.5. The number of para-hydroxylation sites is 1. The number of likely N-dealkylation sites (N-methyl/N-ethyl adjacent to an activating group) is 1. The number of amides is 5. The SMILES string of the molecule is CC(C)[C@H]1NC(=O)C2(CCCC2)NC(=O)C[C@@H](C(=O)N2CCCN(C)CC2)NC(=O)c2ccccc2OC[C@H](C)NC1=O. The van der Waals surface area contributed by atoms with Gasteiger partial charge in [-0.1, -0.05) is 38.8 Å². The van der Waals surface area contributed by atoms with Gasteiger partial charge in [0.1, 0.15) is 30.0 Å². The zero-order valence-corrected chi connectivity index (χ0v) is 25.7. The van der Waals surface area contributed by atoms with Crippen LogP contribution in [-0.4, -0.2) is 103 Å². The van der Waals surface area contributed by atoms with Crippen molar-refractivity contribution in [3.8, 4) is 5.75 Å². The highest BCUT2D eigenvalue weighted by atomic mass is 16.5. The Labute approximate surface area is 253 Å². The van der Waals surface area contributed by atoms with Crippen LogP contribution in [0, 0.1) is 5.92 Å². The van der Waals surface area contributed by atoms with Crippen LogP contribution in [0.25, 0.3) is 0 Å². The monoisotopic (exact) mass is 598 g/mol. The lowest BCUT2D eigenvalue weighted by Crippen LogP contribution is -2.62. The third-order valence-corrected chi connectivity index (χ3v) is 8.54. The van der Waals surface area contributed by atoms with Crippen LogP contribution in [0.1, 0.15) is 69.7 Å². The molecule has 4 rings (SSSR count). The molecule has 4 N–H and O–H groups in total. The Kier molecular flexibility index (Phi) is 10.6. The Morgan fingerprint density at radius 1 is 0.953 bits per heavy atom. The first-order valence-electron chi connectivity index (χ1n) is 15.4. The summed E-state index contributed by atoms with van der Waals surface area (Å²) >= 11 is 0. The second-order valence-electron chi connectivity index (χ2n) is 12.5. The molecular formula is C31H46N6O6. The van der Waals surface area contributed by atoms with Crippen molar-refractivity contribution in [3.05, 3.63) is 29.8 Å². The number of ether oxygens (including phenoxy) is 1. The van der Waals surface area contributed by atoms with E-state index in [2.05, 4.69) is 26.2 Å². The molecule has 12 nitrogen and oxygen atoms in total. The molecule has 0 radical (unpaired) electrons. The molecule has 1 saturated carbocycles. The zero-order valence-electron chi connectivity index (χ0n) is 25.7. The van der Waals surface area contributed by atoms with Crippen molar-refractivity contribution in [3.63, 3.8) is 0 Å². The molecule has 1 aliphatic carbocycles. The number of carbonyl (C=O) groups is 5. The molecule has 1 spiro atoms. The third-order valence-electron chi connectivity index (χ3n) is 8.54. The molecule has 2 aliphatic heterocycles. The van der Waals surface area contributed by atoms with Crippen molar-refractivity contribution >= 4 is 29.5 Å². The molecule has 0 unspecified atom stereocenters. The number of hydrogen-bond donors (Lipinski definition) is 4. The van der Waals surface area contributed by atoms with E-state index in [1.54, 1.807) is 36.1 Å². The zero-order chi connectivity index (χ0) is 31.1. The van der Waals surface area contributed by atoms with Crippen molar-refractivity contribution in [2.24, 2.45) is 5.92 Å². The second kappa shape index (κ2) is 14.2. The molecule has 0 bridgehead atoms. The number of benzene rings is 1. The van der Waals surface area contributed by atoms with Crippen LogP contribution >= 0.6 is 0 Å². The predicted octanol–water partition coefficient (Wildman–Crippen LogP) is 0.806. The lowest BCUT2D eigenvalue weighted by molar-refractivity contribution is -0.138. The number of fused-ring (bicyclic) bond motifs is 1. The van der Waals surface area contributed by atoms with Gasteiger partial charge < -0.3 is 35.8 Å². The van der Waals surface area contributed by atoms with Gasteiger partial charge in [0.15, 0.2) is 0 Å². The van der Waals surface area contributed by atoms with Gasteiger partial charge in [-0.2, -0.15) is 0 Å². The molecule has 1 aromatic rings. The lowest BCUT2D eigenvalue weighted by atomic mass is 9.93. The minimum Gasteiger partial charge on any atom is -0.491 e. The predicted molar refractivity (Wildman–Crippen MR) is 160 cm³/mol. The van der Waals surface area contributed by atoms with E-state index in [0.717, 1.165) is 25.8 Å². The fourth-order valence-corrected chi connectivity index (χ4v) is 6.00. The molecule has 5 amide bonds. The standard InChI is InChI=1S/C31H46N6O6/c1-20(2)26-28(40)32-21(3)19-43-24-11-6-5-10-22(24)27(39)33-23(29(41)37-15-9-14-36(4)16-17-37)18-25(38)35-31(30(42)34-26)12-7-8-13-31/h5-6,10-11,20-21,23,26H,7-9,12-19H2,1-4H3,(H,32,40)(H,33,39)(H,34,42)(H,35,38)/t21-,23-,26+/m0/s1. The number of rotatable bonds is 2. The largest absolute Gasteiger partial charge is 0.491 e. The smallest absolute Gasteiger partial charge is 0.255 e. The molecule has 1 saturated heterocycles. The van der Waals surface area contributed by atoms with Gasteiger partial charge in [-0.25, -0.2) is 0 Å². The summed E-state index contributed by atoms with van der Waals surface area (Å²) in [5.41, 5.74) is -0.994. The second-order valence-corrected chi connectivity index (χ2v) is 12.5. The molecule has 12 heteroatoms. The van der Waals surface area contributed by atoms with Crippen LogP contribution in [0.3, 0.4) is 0 Å². The maximum Gasteiger partial charge on any atom is 0.255 e. The van der Waals surface area contributed by atoms with Gasteiger partial charge in [0.2, 0.25) is 23.6 Å². The van der Waals surface area contributed by atoms with Gasteiger partial charge in [-0.3, -0.25) is 24.0 Å². The molecule has 3 atom stereocenters. The minimum absolute atomic E-state index is 0.0719. The molecule has 2 fully saturated rings. The summed E-state index contributed by atoms with van der Waals surface area (Å²) in [6.45, 7) is 8.06. The maximum atomic E-state index is 13.8. The number of carbonyl (C=O) groups excluding carboxylic acids is 5. The summed E-state index contributed by atoms with van der Waals surface area (Å²) in [6, 6.07) is 4.25. The molecule has 3 aliphatic rings. The topological polar surface area (TPSA) is 149 Å².